The normalized spacial score (nSPS) is 15.6. The zero-order valence-electron chi connectivity index (χ0n) is 24.3. The zero-order chi connectivity index (χ0) is 30.3. The number of likely N-dealkylation sites (tertiary alicyclic amines) is 1. The van der Waals surface area contributed by atoms with Crippen LogP contribution in [0.1, 0.15) is 50.8 Å². The zero-order valence-corrected chi connectivity index (χ0v) is 24.3. The van der Waals surface area contributed by atoms with Crippen LogP contribution in [0.3, 0.4) is 0 Å². The number of carbonyl (C=O) groups excluding carboxylic acids is 3. The molecule has 42 heavy (non-hydrogen) atoms. The van der Waals surface area contributed by atoms with E-state index in [0.29, 0.717) is 24.6 Å². The first-order chi connectivity index (χ1) is 20.0. The van der Waals surface area contributed by atoms with Crippen molar-refractivity contribution in [2.24, 2.45) is 11.7 Å². The Bertz CT molecular complexity index is 1370. The quantitative estimate of drug-likeness (QED) is 0.320. The van der Waals surface area contributed by atoms with Crippen LogP contribution in [-0.2, 0) is 25.7 Å². The molecular weight excluding hydrogens is 539 g/mol. The molecule has 1 aliphatic heterocycles. The first kappa shape index (κ1) is 30.9. The minimum absolute atomic E-state index is 0.110. The van der Waals surface area contributed by atoms with E-state index in [1.54, 1.807) is 21.6 Å². The van der Waals surface area contributed by atoms with Crippen LogP contribution in [0.2, 0.25) is 0 Å². The van der Waals surface area contributed by atoms with Gasteiger partial charge in [-0.1, -0.05) is 49.4 Å². The summed E-state index contributed by atoms with van der Waals surface area (Å²) in [6.45, 7) is 6.60. The number of imidazole rings is 1. The van der Waals surface area contributed by atoms with Crippen molar-refractivity contribution in [3.05, 3.63) is 84.1 Å². The summed E-state index contributed by atoms with van der Waals surface area (Å²) in [5.41, 5.74) is 6.10. The van der Waals surface area contributed by atoms with Gasteiger partial charge in [0.25, 0.3) is 5.91 Å². The topological polar surface area (TPSA) is 132 Å². The number of nitrogens with two attached hydrogens (primary N) is 1. The monoisotopic (exact) mass is 578 g/mol. The third kappa shape index (κ3) is 8.23. The highest BCUT2D eigenvalue weighted by molar-refractivity contribution is 5.98. The Balaban J connectivity index is 1.51. The second-order valence-corrected chi connectivity index (χ2v) is 11.4. The second kappa shape index (κ2) is 13.7. The fourth-order valence-corrected chi connectivity index (χ4v) is 4.67. The van der Waals surface area contributed by atoms with Crippen molar-refractivity contribution < 1.29 is 23.5 Å². The molecule has 2 unspecified atom stereocenters. The fraction of sp³-hybridized carbons (Fsp3) is 0.419. The van der Waals surface area contributed by atoms with Crippen LogP contribution in [0.25, 0.3) is 0 Å². The van der Waals surface area contributed by atoms with Crippen LogP contribution >= 0.6 is 0 Å². The van der Waals surface area contributed by atoms with Crippen LogP contribution in [0.5, 0.6) is 0 Å². The molecule has 1 saturated heterocycles. The number of ether oxygens (including phenoxy) is 1. The number of carbonyl (C=O) groups is 3. The molecule has 10 nitrogen and oxygen atoms in total. The predicted octanol–water partition coefficient (Wildman–Crippen LogP) is 3.25. The van der Waals surface area contributed by atoms with Crippen LogP contribution in [0, 0.1) is 11.7 Å². The third-order valence-electron chi connectivity index (χ3n) is 7.25. The van der Waals surface area contributed by atoms with Gasteiger partial charge in [-0.05, 0) is 55.9 Å². The van der Waals surface area contributed by atoms with Crippen LogP contribution in [0.4, 0.5) is 10.2 Å². The Morgan fingerprint density at radius 1 is 1.12 bits per heavy atom. The number of anilines is 1. The van der Waals surface area contributed by atoms with Crippen LogP contribution in [0.15, 0.2) is 67.1 Å². The van der Waals surface area contributed by atoms with Crippen molar-refractivity contribution in [1.82, 2.24) is 19.8 Å². The number of halogens is 1. The van der Waals surface area contributed by atoms with Gasteiger partial charge in [0, 0.05) is 19.3 Å². The maximum absolute atomic E-state index is 14.2. The molecule has 1 aliphatic rings. The number of nitrogens with one attached hydrogen (secondary N) is 2. The Kier molecular flexibility index (Phi) is 10.1. The number of hydrogen-bond donors (Lipinski definition) is 3. The molecule has 0 spiro atoms. The average Bonchev–Trinajstić information content (AvgIpc) is 3.40. The van der Waals surface area contributed by atoms with E-state index in [0.717, 1.165) is 18.4 Å². The molecule has 1 fully saturated rings. The van der Waals surface area contributed by atoms with Crippen molar-refractivity contribution in [2.75, 3.05) is 25.0 Å². The maximum atomic E-state index is 14.2. The Hall–Kier alpha value is -4.09. The van der Waals surface area contributed by atoms with Gasteiger partial charge >= 0.3 is 0 Å². The van der Waals surface area contributed by atoms with Gasteiger partial charge in [-0.15, -0.1) is 0 Å². The second-order valence-electron chi connectivity index (χ2n) is 11.4. The average molecular weight is 579 g/mol. The van der Waals surface area contributed by atoms with Gasteiger partial charge in [0.2, 0.25) is 11.8 Å². The molecule has 224 valence electrons. The molecule has 3 aromatic rings. The molecule has 0 bridgehead atoms. The number of nitrogens with zero attached hydrogens (tertiary/aromatic N) is 3. The van der Waals surface area contributed by atoms with Crippen LogP contribution in [-0.4, -0.2) is 63.4 Å². The van der Waals surface area contributed by atoms with Gasteiger partial charge in [0.05, 0.1) is 25.1 Å². The molecule has 3 amide bonds. The molecule has 0 radical (unpaired) electrons. The first-order valence-electron chi connectivity index (χ1n) is 14.1. The number of piperidine rings is 1. The highest BCUT2D eigenvalue weighted by Gasteiger charge is 2.31. The molecule has 2 atom stereocenters. The summed E-state index contributed by atoms with van der Waals surface area (Å²) in [5, 5.41) is 5.36. The molecule has 4 rings (SSSR count). The lowest BCUT2D eigenvalue weighted by Gasteiger charge is -2.33. The van der Waals surface area contributed by atoms with Gasteiger partial charge in [-0.3, -0.25) is 14.4 Å². The lowest BCUT2D eigenvalue weighted by atomic mass is 9.97. The number of rotatable bonds is 11. The number of amides is 3. The van der Waals surface area contributed by atoms with Crippen molar-refractivity contribution in [3.63, 3.8) is 0 Å². The SMILES string of the molecule is CC1CCN(C(=O)C(c2cccc(F)c2)n2cnc(NC(=O)C(COCc3ccccc3)NC(=O)C(C)(C)N)c2)CC1. The molecule has 4 N–H and O–H groups in total. The molecule has 2 heterocycles. The summed E-state index contributed by atoms with van der Waals surface area (Å²) in [6.07, 6.45) is 4.74. The lowest BCUT2D eigenvalue weighted by Crippen LogP contribution is -2.56. The fourth-order valence-electron chi connectivity index (χ4n) is 4.67. The van der Waals surface area contributed by atoms with Crippen molar-refractivity contribution >= 4 is 23.5 Å². The molecule has 0 saturated carbocycles. The highest BCUT2D eigenvalue weighted by Crippen LogP contribution is 2.26. The highest BCUT2D eigenvalue weighted by atomic mass is 19.1. The van der Waals surface area contributed by atoms with E-state index >= 15 is 0 Å². The molecular formula is C31H39FN6O4. The number of aromatic nitrogens is 2. The minimum atomic E-state index is -1.22. The van der Waals surface area contributed by atoms with Gasteiger partial charge in [0.1, 0.15) is 17.9 Å². The Labute approximate surface area is 245 Å². The largest absolute Gasteiger partial charge is 0.374 e. The van der Waals surface area contributed by atoms with Crippen molar-refractivity contribution in [1.29, 1.82) is 0 Å². The van der Waals surface area contributed by atoms with Crippen molar-refractivity contribution in [2.45, 2.75) is 57.8 Å². The molecule has 0 aliphatic carbocycles. The van der Waals surface area contributed by atoms with E-state index in [1.807, 2.05) is 30.3 Å². The summed E-state index contributed by atoms with van der Waals surface area (Å²) in [5.74, 6) is -1.02. The van der Waals surface area contributed by atoms with Crippen LogP contribution < -0.4 is 16.4 Å². The summed E-state index contributed by atoms with van der Waals surface area (Å²) in [7, 11) is 0. The summed E-state index contributed by atoms with van der Waals surface area (Å²) < 4.78 is 21.5. The van der Waals surface area contributed by atoms with E-state index in [9.17, 15) is 18.8 Å². The predicted molar refractivity (Wildman–Crippen MR) is 157 cm³/mol. The minimum Gasteiger partial charge on any atom is -0.374 e. The lowest BCUT2D eigenvalue weighted by molar-refractivity contribution is -0.135. The maximum Gasteiger partial charge on any atom is 0.250 e. The summed E-state index contributed by atoms with van der Waals surface area (Å²) in [4.78, 5) is 45.7. The van der Waals surface area contributed by atoms with Crippen molar-refractivity contribution in [3.8, 4) is 0 Å². The summed E-state index contributed by atoms with van der Waals surface area (Å²) in [6, 6.07) is 13.4. The van der Waals surface area contributed by atoms with Gasteiger partial charge in [-0.25, -0.2) is 9.37 Å². The summed E-state index contributed by atoms with van der Waals surface area (Å²) >= 11 is 0. The van der Waals surface area contributed by atoms with Gasteiger partial charge in [-0.2, -0.15) is 0 Å². The van der Waals surface area contributed by atoms with Gasteiger partial charge < -0.3 is 30.6 Å². The molecule has 1 aromatic heterocycles. The van der Waals surface area contributed by atoms with Gasteiger partial charge in [0.15, 0.2) is 5.82 Å². The van der Waals surface area contributed by atoms with E-state index in [-0.39, 0.29) is 24.9 Å². The Morgan fingerprint density at radius 2 is 1.83 bits per heavy atom. The van der Waals surface area contributed by atoms with E-state index < -0.39 is 35.3 Å². The standard InChI is InChI=1S/C31H39FN6O4/c1-21-12-14-37(15-13-21)29(40)27(23-10-7-11-24(32)16-23)38-17-26(34-20-38)36-28(39)25(35-30(41)31(2,3)33)19-42-18-22-8-5-4-6-9-22/h4-11,16-17,20-21,25,27H,12-15,18-19,33H2,1-3H3,(H,35,41)(H,36,39). The van der Waals surface area contributed by atoms with E-state index in [2.05, 4.69) is 22.5 Å². The smallest absolute Gasteiger partial charge is 0.250 e. The molecule has 2 aromatic carbocycles. The van der Waals surface area contributed by atoms with E-state index in [4.69, 9.17) is 10.5 Å². The molecule has 11 heteroatoms. The Morgan fingerprint density at radius 3 is 2.50 bits per heavy atom. The first-order valence-corrected chi connectivity index (χ1v) is 14.1. The number of benzene rings is 2. The number of hydrogen-bond acceptors (Lipinski definition) is 6. The third-order valence-corrected chi connectivity index (χ3v) is 7.25. The van der Waals surface area contributed by atoms with E-state index in [1.165, 1.54) is 38.5 Å².